The normalized spacial score (nSPS) is 24.4. The SMILES string of the molecule is CCOc1cnc(NC(=O)N(C)C2CN(c3nccc(NC)n3)CCC2(F)F)cn1.O=COC1C[C@H]2CNC[C@H]2C1. The van der Waals surface area contributed by atoms with E-state index in [2.05, 4.69) is 35.9 Å². The lowest BCUT2D eigenvalue weighted by atomic mass is 10.00. The first kappa shape index (κ1) is 30.1. The van der Waals surface area contributed by atoms with Crippen molar-refractivity contribution in [1.29, 1.82) is 0 Å². The minimum Gasteiger partial charge on any atom is -0.477 e. The maximum atomic E-state index is 14.6. The lowest BCUT2D eigenvalue weighted by Crippen LogP contribution is -2.60. The number of carbonyl (C=O) groups is 2. The highest BCUT2D eigenvalue weighted by Gasteiger charge is 2.48. The van der Waals surface area contributed by atoms with E-state index in [1.807, 2.05) is 0 Å². The molecule has 0 bridgehead atoms. The highest BCUT2D eigenvalue weighted by molar-refractivity contribution is 5.88. The van der Waals surface area contributed by atoms with Gasteiger partial charge >= 0.3 is 6.03 Å². The summed E-state index contributed by atoms with van der Waals surface area (Å²) in [7, 11) is 3.03. The van der Waals surface area contributed by atoms with Gasteiger partial charge in [0.1, 0.15) is 18.0 Å². The van der Waals surface area contributed by atoms with Gasteiger partial charge in [-0.15, -0.1) is 0 Å². The molecule has 13 nitrogen and oxygen atoms in total. The summed E-state index contributed by atoms with van der Waals surface area (Å²) in [5.74, 6) is -0.186. The van der Waals surface area contributed by atoms with Gasteiger partial charge in [-0.05, 0) is 50.8 Å². The quantitative estimate of drug-likeness (QED) is 0.397. The molecule has 3 aliphatic rings. The van der Waals surface area contributed by atoms with Crippen molar-refractivity contribution in [1.82, 2.24) is 30.2 Å². The molecule has 2 aromatic heterocycles. The van der Waals surface area contributed by atoms with Crippen LogP contribution in [0, 0.1) is 11.8 Å². The van der Waals surface area contributed by atoms with Crippen molar-refractivity contribution in [3.8, 4) is 5.88 Å². The van der Waals surface area contributed by atoms with E-state index in [0.717, 1.165) is 42.7 Å². The van der Waals surface area contributed by atoms with Crippen LogP contribution in [0.4, 0.5) is 31.2 Å². The van der Waals surface area contributed by atoms with Crippen LogP contribution in [0.5, 0.6) is 5.88 Å². The molecule has 0 radical (unpaired) electrons. The van der Waals surface area contributed by atoms with Crippen LogP contribution >= 0.6 is 0 Å². The number of carbonyl (C=O) groups excluding carboxylic acids is 2. The second-order valence-corrected chi connectivity index (χ2v) is 10.2. The summed E-state index contributed by atoms with van der Waals surface area (Å²) in [6, 6.07) is -0.412. The molecule has 4 heterocycles. The number of halogens is 2. The van der Waals surface area contributed by atoms with Crippen molar-refractivity contribution in [2.45, 2.75) is 44.3 Å². The number of amides is 2. The molecule has 3 fully saturated rings. The van der Waals surface area contributed by atoms with Crippen LogP contribution < -0.4 is 25.6 Å². The summed E-state index contributed by atoms with van der Waals surface area (Å²) in [6.45, 7) is 5.01. The Kier molecular flexibility index (Phi) is 10.0. The Hall–Kier alpha value is -3.88. The number of ether oxygens (including phenoxy) is 2. The van der Waals surface area contributed by atoms with Gasteiger partial charge in [-0.1, -0.05) is 0 Å². The van der Waals surface area contributed by atoms with Crippen LogP contribution in [-0.4, -0.2) is 102 Å². The number of anilines is 3. The van der Waals surface area contributed by atoms with E-state index >= 15 is 0 Å². The minimum absolute atomic E-state index is 0.0799. The molecule has 41 heavy (non-hydrogen) atoms. The molecule has 5 rings (SSSR count). The molecule has 1 saturated carbocycles. The van der Waals surface area contributed by atoms with Crippen LogP contribution in [0.3, 0.4) is 0 Å². The first-order valence-corrected chi connectivity index (χ1v) is 13.7. The van der Waals surface area contributed by atoms with E-state index < -0.39 is 24.4 Å². The third-order valence-corrected chi connectivity index (χ3v) is 7.58. The molecule has 15 heteroatoms. The van der Waals surface area contributed by atoms with E-state index in [4.69, 9.17) is 9.47 Å². The number of nitrogens with one attached hydrogen (secondary N) is 3. The van der Waals surface area contributed by atoms with Gasteiger partial charge in [0.15, 0.2) is 5.82 Å². The zero-order valence-electron chi connectivity index (χ0n) is 23.4. The zero-order valence-corrected chi connectivity index (χ0v) is 23.4. The van der Waals surface area contributed by atoms with Gasteiger partial charge in [0.05, 0.1) is 19.0 Å². The standard InChI is InChI=1S/C18H24F2N8O2.C8H13NO2/c1-4-30-15-10-23-14(9-24-15)26-17(29)27(3)12-11-28(8-6-18(12,19)20)16-22-7-5-13(21-2)25-16;10-5-11-8-1-6-3-9-4-7(6)2-8/h5,7,9-10,12H,4,6,8,11H2,1-3H3,(H,21,22,25)(H,23,26,29);5-9H,1-4H2/t;6-,7+,8?. The lowest BCUT2D eigenvalue weighted by Gasteiger charge is -2.42. The van der Waals surface area contributed by atoms with Crippen molar-refractivity contribution in [2.75, 3.05) is 62.4 Å². The topological polar surface area (TPSA) is 147 Å². The number of hydrogen-bond donors (Lipinski definition) is 3. The van der Waals surface area contributed by atoms with Crippen LogP contribution in [0.1, 0.15) is 26.2 Å². The molecule has 0 spiro atoms. The van der Waals surface area contributed by atoms with Gasteiger partial charge in [0.2, 0.25) is 11.8 Å². The molecule has 2 unspecified atom stereocenters. The van der Waals surface area contributed by atoms with Crippen molar-refractivity contribution >= 4 is 30.1 Å². The third-order valence-electron chi connectivity index (χ3n) is 7.58. The summed E-state index contributed by atoms with van der Waals surface area (Å²) >= 11 is 0. The monoisotopic (exact) mass is 577 g/mol. The molecular weight excluding hydrogens is 540 g/mol. The molecule has 2 aliphatic heterocycles. The highest BCUT2D eigenvalue weighted by Crippen LogP contribution is 2.36. The van der Waals surface area contributed by atoms with E-state index in [1.54, 1.807) is 31.1 Å². The second-order valence-electron chi connectivity index (χ2n) is 10.2. The first-order chi connectivity index (χ1) is 19.7. The Balaban J connectivity index is 0.000000291. The smallest absolute Gasteiger partial charge is 0.323 e. The fourth-order valence-electron chi connectivity index (χ4n) is 5.35. The highest BCUT2D eigenvalue weighted by atomic mass is 19.3. The maximum absolute atomic E-state index is 14.6. The number of urea groups is 1. The summed E-state index contributed by atoms with van der Waals surface area (Å²) < 4.78 is 39.4. The van der Waals surface area contributed by atoms with Crippen LogP contribution in [0.2, 0.25) is 0 Å². The van der Waals surface area contributed by atoms with Gasteiger partial charge in [0.25, 0.3) is 12.4 Å². The number of nitrogens with zero attached hydrogens (tertiary/aromatic N) is 6. The van der Waals surface area contributed by atoms with Gasteiger partial charge in [-0.25, -0.2) is 28.5 Å². The molecule has 2 saturated heterocycles. The zero-order chi connectivity index (χ0) is 29.4. The van der Waals surface area contributed by atoms with Crippen LogP contribution in [0.15, 0.2) is 24.7 Å². The third kappa shape index (κ3) is 7.65. The first-order valence-electron chi connectivity index (χ1n) is 13.7. The molecule has 2 amide bonds. The largest absolute Gasteiger partial charge is 0.477 e. The number of fused-ring (bicyclic) bond motifs is 1. The van der Waals surface area contributed by atoms with Crippen molar-refractivity contribution in [2.24, 2.45) is 11.8 Å². The Morgan fingerprint density at radius 1 is 1.22 bits per heavy atom. The maximum Gasteiger partial charge on any atom is 0.323 e. The predicted molar refractivity (Wildman–Crippen MR) is 147 cm³/mol. The second kappa shape index (κ2) is 13.7. The average Bonchev–Trinajstić information content (AvgIpc) is 3.56. The number of alkyl halides is 2. The Bertz CT molecular complexity index is 1150. The number of piperidine rings is 1. The van der Waals surface area contributed by atoms with Gasteiger partial charge in [-0.3, -0.25) is 10.1 Å². The summed E-state index contributed by atoms with van der Waals surface area (Å²) in [5.41, 5.74) is 0. The average molecular weight is 578 g/mol. The van der Waals surface area contributed by atoms with Gasteiger partial charge in [0, 0.05) is 39.8 Å². The summed E-state index contributed by atoms with van der Waals surface area (Å²) in [6.07, 6.45) is 6.13. The predicted octanol–water partition coefficient (Wildman–Crippen LogP) is 2.24. The number of aromatic nitrogens is 4. The Labute approximate surface area is 237 Å². The number of rotatable bonds is 8. The van der Waals surface area contributed by atoms with E-state index in [9.17, 15) is 18.4 Å². The minimum atomic E-state index is -3.06. The van der Waals surface area contributed by atoms with Crippen molar-refractivity contribution < 1.29 is 27.8 Å². The molecule has 0 aromatic carbocycles. The lowest BCUT2D eigenvalue weighted by molar-refractivity contribution is -0.133. The Morgan fingerprint density at radius 3 is 2.61 bits per heavy atom. The fourth-order valence-corrected chi connectivity index (χ4v) is 5.35. The molecular formula is C26H37F2N9O4. The molecule has 4 atom stereocenters. The Morgan fingerprint density at radius 2 is 1.98 bits per heavy atom. The van der Waals surface area contributed by atoms with Gasteiger partial charge in [-0.2, -0.15) is 4.98 Å². The molecule has 3 N–H and O–H groups in total. The van der Waals surface area contributed by atoms with E-state index in [1.165, 1.54) is 19.4 Å². The van der Waals surface area contributed by atoms with Crippen LogP contribution in [-0.2, 0) is 9.53 Å². The van der Waals surface area contributed by atoms with Crippen molar-refractivity contribution in [3.05, 3.63) is 24.7 Å². The number of hydrogen-bond acceptors (Lipinski definition) is 11. The fraction of sp³-hybridized carbons (Fsp3) is 0.615. The van der Waals surface area contributed by atoms with Crippen LogP contribution in [0.25, 0.3) is 0 Å². The summed E-state index contributed by atoms with van der Waals surface area (Å²) in [4.78, 5) is 41.7. The van der Waals surface area contributed by atoms with Crippen molar-refractivity contribution in [3.63, 3.8) is 0 Å². The molecule has 1 aliphatic carbocycles. The van der Waals surface area contributed by atoms with E-state index in [-0.39, 0.29) is 25.0 Å². The number of likely N-dealkylation sites (N-methyl/N-ethyl adjacent to an activating group) is 1. The van der Waals surface area contributed by atoms with E-state index in [0.29, 0.717) is 30.7 Å². The van der Waals surface area contributed by atoms with Gasteiger partial charge < -0.3 is 29.9 Å². The summed E-state index contributed by atoms with van der Waals surface area (Å²) in [5, 5.41) is 8.72. The molecule has 224 valence electrons. The molecule has 2 aromatic rings.